The Bertz CT molecular complexity index is 434. The third-order valence-corrected chi connectivity index (χ3v) is 3.55. The predicted molar refractivity (Wildman–Crippen MR) is 70.7 cm³/mol. The van der Waals surface area contributed by atoms with Crippen LogP contribution in [-0.4, -0.2) is 32.0 Å². The minimum Gasteiger partial charge on any atom is -0.457 e. The lowest BCUT2D eigenvalue weighted by atomic mass is 9.94. The summed E-state index contributed by atoms with van der Waals surface area (Å²) in [5, 5.41) is 0. The molecule has 19 heavy (non-hydrogen) atoms. The Morgan fingerprint density at radius 3 is 2.05 bits per heavy atom. The molecule has 0 aliphatic heterocycles. The summed E-state index contributed by atoms with van der Waals surface area (Å²) in [7, 11) is -3.85. The number of carbonyl (C=O) groups excluding carboxylic acids is 1. The van der Waals surface area contributed by atoms with Gasteiger partial charge in [-0.25, -0.2) is 8.98 Å². The monoisotopic (exact) mass is 293 g/mol. The average Bonchev–Trinajstić information content (AvgIpc) is 2.64. The summed E-state index contributed by atoms with van der Waals surface area (Å²) >= 11 is 0. The molecule has 1 unspecified atom stereocenters. The summed E-state index contributed by atoms with van der Waals surface area (Å²) in [5.74, 6) is -1.16. The van der Waals surface area contributed by atoms with Crippen molar-refractivity contribution in [3.63, 3.8) is 0 Å². The second-order valence-electron chi connectivity index (χ2n) is 6.06. The molecule has 0 spiro atoms. The number of rotatable bonds is 4. The highest BCUT2D eigenvalue weighted by Gasteiger charge is 2.49. The largest absolute Gasteiger partial charge is 0.457 e. The fourth-order valence-corrected chi connectivity index (χ4v) is 2.94. The highest BCUT2D eigenvalue weighted by atomic mass is 32.2. The van der Waals surface area contributed by atoms with Crippen molar-refractivity contribution in [2.45, 2.75) is 57.8 Å². The molecule has 0 bridgehead atoms. The molecule has 1 atom stereocenters. The molecule has 0 radical (unpaired) electrons. The van der Waals surface area contributed by atoms with Gasteiger partial charge in [0.25, 0.3) is 10.1 Å². The van der Waals surface area contributed by atoms with Crippen molar-refractivity contribution in [3.8, 4) is 0 Å². The maximum Gasteiger partial charge on any atom is 0.355 e. The molecule has 0 aromatic carbocycles. The third-order valence-electron chi connectivity index (χ3n) is 2.97. The Balaban J connectivity index is 3.00. The van der Waals surface area contributed by atoms with Crippen LogP contribution < -0.4 is 5.73 Å². The van der Waals surface area contributed by atoms with Crippen LogP contribution in [-0.2, 0) is 23.8 Å². The van der Waals surface area contributed by atoms with Crippen molar-refractivity contribution in [2.75, 3.05) is 6.26 Å². The topological polar surface area (TPSA) is 95.7 Å². The van der Waals surface area contributed by atoms with Gasteiger partial charge in [-0.05, 0) is 33.6 Å². The molecule has 1 fully saturated rings. The van der Waals surface area contributed by atoms with E-state index in [-0.39, 0.29) is 5.92 Å². The van der Waals surface area contributed by atoms with Gasteiger partial charge >= 0.3 is 5.97 Å². The third kappa shape index (κ3) is 4.74. The van der Waals surface area contributed by atoms with Gasteiger partial charge in [0.1, 0.15) is 5.60 Å². The Morgan fingerprint density at radius 1 is 1.21 bits per heavy atom. The summed E-state index contributed by atoms with van der Waals surface area (Å²) in [6, 6.07) is 0. The van der Waals surface area contributed by atoms with E-state index in [4.69, 9.17) is 14.7 Å². The standard InChI is InChI=1S/C12H23NO5S/c1-11(2,3)17-10(14)12(13,18-19(4,15)16)9-7-5-6-8-9/h9H,5-8,13H2,1-4H3. The average molecular weight is 293 g/mol. The first-order chi connectivity index (χ1) is 8.44. The van der Waals surface area contributed by atoms with Crippen molar-refractivity contribution in [3.05, 3.63) is 0 Å². The zero-order valence-corrected chi connectivity index (χ0v) is 12.7. The molecule has 7 heteroatoms. The van der Waals surface area contributed by atoms with E-state index in [1.807, 2.05) is 0 Å². The van der Waals surface area contributed by atoms with E-state index < -0.39 is 27.4 Å². The highest BCUT2D eigenvalue weighted by molar-refractivity contribution is 7.86. The van der Waals surface area contributed by atoms with Gasteiger partial charge in [0.05, 0.1) is 6.26 Å². The highest BCUT2D eigenvalue weighted by Crippen LogP contribution is 2.35. The van der Waals surface area contributed by atoms with E-state index in [1.165, 1.54) is 0 Å². The summed E-state index contributed by atoms with van der Waals surface area (Å²) < 4.78 is 32.8. The number of esters is 1. The summed E-state index contributed by atoms with van der Waals surface area (Å²) in [5.41, 5.74) is 3.30. The van der Waals surface area contributed by atoms with Crippen LogP contribution in [0.2, 0.25) is 0 Å². The summed E-state index contributed by atoms with van der Waals surface area (Å²) in [4.78, 5) is 12.2. The van der Waals surface area contributed by atoms with Gasteiger partial charge in [0.2, 0.25) is 5.72 Å². The van der Waals surface area contributed by atoms with E-state index in [0.29, 0.717) is 12.8 Å². The van der Waals surface area contributed by atoms with E-state index in [0.717, 1.165) is 19.1 Å². The fraction of sp³-hybridized carbons (Fsp3) is 0.917. The molecule has 1 saturated carbocycles. The van der Waals surface area contributed by atoms with Crippen LogP contribution in [0, 0.1) is 5.92 Å². The molecular formula is C12H23NO5S. The van der Waals surface area contributed by atoms with Crippen molar-refractivity contribution < 1.29 is 22.1 Å². The normalized spacial score (nSPS) is 21.1. The Hall–Kier alpha value is -0.660. The van der Waals surface area contributed by atoms with E-state index >= 15 is 0 Å². The number of hydrogen-bond acceptors (Lipinski definition) is 6. The molecular weight excluding hydrogens is 270 g/mol. The molecule has 6 nitrogen and oxygen atoms in total. The first-order valence-electron chi connectivity index (χ1n) is 6.37. The van der Waals surface area contributed by atoms with Gasteiger partial charge in [-0.15, -0.1) is 0 Å². The summed E-state index contributed by atoms with van der Waals surface area (Å²) in [6.45, 7) is 5.08. The molecule has 0 heterocycles. The van der Waals surface area contributed by atoms with Crippen molar-refractivity contribution in [2.24, 2.45) is 11.7 Å². The van der Waals surface area contributed by atoms with Crippen LogP contribution in [0.5, 0.6) is 0 Å². The quantitative estimate of drug-likeness (QED) is 0.474. The number of carbonyl (C=O) groups is 1. The lowest BCUT2D eigenvalue weighted by molar-refractivity contribution is -0.178. The number of ether oxygens (including phenoxy) is 1. The van der Waals surface area contributed by atoms with Gasteiger partial charge in [0, 0.05) is 5.92 Å². The van der Waals surface area contributed by atoms with Crippen molar-refractivity contribution in [1.82, 2.24) is 0 Å². The van der Waals surface area contributed by atoms with Crippen LogP contribution in [0.25, 0.3) is 0 Å². The van der Waals surface area contributed by atoms with E-state index in [9.17, 15) is 13.2 Å². The van der Waals surface area contributed by atoms with Gasteiger partial charge in [-0.3, -0.25) is 5.73 Å². The van der Waals surface area contributed by atoms with Gasteiger partial charge in [-0.1, -0.05) is 12.8 Å². The van der Waals surface area contributed by atoms with Crippen molar-refractivity contribution in [1.29, 1.82) is 0 Å². The lowest BCUT2D eigenvalue weighted by Crippen LogP contribution is -2.58. The Kier molecular flexibility index (Phi) is 4.64. The maximum absolute atomic E-state index is 12.2. The van der Waals surface area contributed by atoms with Crippen LogP contribution in [0.15, 0.2) is 0 Å². The van der Waals surface area contributed by atoms with Crippen molar-refractivity contribution >= 4 is 16.1 Å². The zero-order valence-electron chi connectivity index (χ0n) is 11.9. The fourth-order valence-electron chi connectivity index (χ4n) is 2.23. The number of nitrogens with two attached hydrogens (primary N) is 1. The second kappa shape index (κ2) is 5.38. The van der Waals surface area contributed by atoms with Crippen LogP contribution in [0.3, 0.4) is 0 Å². The van der Waals surface area contributed by atoms with Gasteiger partial charge < -0.3 is 4.74 Å². The van der Waals surface area contributed by atoms with Crippen LogP contribution in [0.1, 0.15) is 46.5 Å². The lowest BCUT2D eigenvalue weighted by Gasteiger charge is -2.34. The minimum absolute atomic E-state index is 0.336. The summed E-state index contributed by atoms with van der Waals surface area (Å²) in [6.07, 6.45) is 4.00. The van der Waals surface area contributed by atoms with E-state index in [2.05, 4.69) is 0 Å². The first-order valence-corrected chi connectivity index (χ1v) is 8.19. The number of hydrogen-bond donors (Lipinski definition) is 1. The molecule has 1 aliphatic rings. The SMILES string of the molecule is CC(C)(C)OC(=O)C(N)(OS(C)(=O)=O)C1CCCC1. The smallest absolute Gasteiger partial charge is 0.355 e. The molecule has 1 rings (SSSR count). The Labute approximate surface area is 114 Å². The van der Waals surface area contributed by atoms with Gasteiger partial charge in [0.15, 0.2) is 0 Å². The molecule has 0 aromatic rings. The second-order valence-corrected chi connectivity index (χ2v) is 7.64. The van der Waals surface area contributed by atoms with Gasteiger partial charge in [-0.2, -0.15) is 8.42 Å². The van der Waals surface area contributed by atoms with E-state index in [1.54, 1.807) is 20.8 Å². The molecule has 2 N–H and O–H groups in total. The predicted octanol–water partition coefficient (Wildman–Crippen LogP) is 1.15. The molecule has 0 aromatic heterocycles. The Morgan fingerprint density at radius 2 is 1.68 bits per heavy atom. The molecule has 0 amide bonds. The maximum atomic E-state index is 12.2. The molecule has 0 saturated heterocycles. The zero-order chi connectivity index (χ0) is 14.9. The van der Waals surface area contributed by atoms with Crippen LogP contribution >= 0.6 is 0 Å². The molecule has 112 valence electrons. The minimum atomic E-state index is -3.85. The first kappa shape index (κ1) is 16.4. The molecule has 1 aliphatic carbocycles. The van der Waals surface area contributed by atoms with Crippen LogP contribution in [0.4, 0.5) is 0 Å².